The summed E-state index contributed by atoms with van der Waals surface area (Å²) < 4.78 is 38.5. The molecule has 2 aliphatic rings. The van der Waals surface area contributed by atoms with Gasteiger partial charge in [-0.15, -0.1) is 0 Å². The quantitative estimate of drug-likeness (QED) is 0.145. The van der Waals surface area contributed by atoms with Gasteiger partial charge in [0.15, 0.2) is 12.6 Å². The van der Waals surface area contributed by atoms with Gasteiger partial charge in [-0.3, -0.25) is 9.05 Å². The van der Waals surface area contributed by atoms with Crippen LogP contribution in [-0.4, -0.2) is 135 Å². The van der Waals surface area contributed by atoms with Crippen LogP contribution in [0.25, 0.3) is 0 Å². The third-order valence-corrected chi connectivity index (χ3v) is 5.14. The molecule has 2 unspecified atom stereocenters. The Morgan fingerprint density at radius 3 is 1.06 bits per heavy atom. The lowest BCUT2D eigenvalue weighted by atomic mass is 10.00. The Kier molecular flexibility index (Phi) is 11.2. The number of hydrogen-bond acceptors (Lipinski definition) is 14. The van der Waals surface area contributed by atoms with Crippen LogP contribution >= 0.6 is 15.6 Å². The fraction of sp³-hybridized carbons (Fsp3) is 1.00. The molecule has 10 atom stereocenters. The summed E-state index contributed by atoms with van der Waals surface area (Å²) in [5.74, 6) is 0. The van der Waals surface area contributed by atoms with Crippen molar-refractivity contribution in [3.05, 3.63) is 0 Å². The van der Waals surface area contributed by atoms with Gasteiger partial charge in [0.1, 0.15) is 48.8 Å². The van der Waals surface area contributed by atoms with E-state index >= 15 is 0 Å². The molecule has 0 spiro atoms. The molecule has 0 radical (unpaired) electrons. The van der Waals surface area contributed by atoms with Crippen molar-refractivity contribution in [1.82, 2.24) is 0 Å². The molecule has 0 aromatic heterocycles. The lowest BCUT2D eigenvalue weighted by molar-refractivity contribution is -0.280. The van der Waals surface area contributed by atoms with Crippen molar-refractivity contribution in [1.29, 1.82) is 0 Å². The standard InChI is InChI=1S/2C6H13O9P/c2*7-1-2-3(8)4(9)5(10)6(14-2)15-16(11,12)13/h2*2-10H,1H2,(H2,11,12,13)/t2*2-,3-,4+,5-,6?/m11/s1. The molecular formula is C12H26O18P2. The van der Waals surface area contributed by atoms with Crippen LogP contribution in [0.2, 0.25) is 0 Å². The van der Waals surface area contributed by atoms with E-state index in [1.54, 1.807) is 0 Å². The van der Waals surface area contributed by atoms with E-state index in [0.717, 1.165) is 0 Å². The highest BCUT2D eigenvalue weighted by Crippen LogP contribution is 2.41. The first kappa shape index (κ1) is 29.9. The number of ether oxygens (including phenoxy) is 2. The predicted octanol–water partition coefficient (Wildman–Crippen LogP) is -6.21. The molecule has 0 saturated carbocycles. The molecule has 192 valence electrons. The SMILES string of the molecule is O=P(O)(O)OC1O[C@H](CO)[C@@H](O)[C@H](O)[C@H]1O.O=P(O)(O)OC1O[C@H](CO)[C@@H](O)[C@H](O)[C@H]1O. The first-order valence-electron chi connectivity index (χ1n) is 8.61. The normalized spacial score (nSPS) is 41.0. The van der Waals surface area contributed by atoms with Crippen molar-refractivity contribution in [2.75, 3.05) is 13.2 Å². The minimum absolute atomic E-state index is 0.702. The highest BCUT2D eigenvalue weighted by molar-refractivity contribution is 7.46. The molecule has 2 aliphatic heterocycles. The van der Waals surface area contributed by atoms with E-state index in [9.17, 15) is 39.8 Å². The molecule has 2 saturated heterocycles. The summed E-state index contributed by atoms with van der Waals surface area (Å²) in [5, 5.41) is 73.2. The molecule has 2 rings (SSSR count). The average Bonchev–Trinajstić information content (AvgIpc) is 2.67. The highest BCUT2D eigenvalue weighted by atomic mass is 31.2. The monoisotopic (exact) mass is 520 g/mol. The fourth-order valence-corrected chi connectivity index (χ4v) is 3.47. The summed E-state index contributed by atoms with van der Waals surface area (Å²) in [6.45, 7) is -1.40. The number of hydrogen-bond donors (Lipinski definition) is 12. The number of rotatable bonds is 6. The average molecular weight is 520 g/mol. The molecule has 0 amide bonds. The molecular weight excluding hydrogens is 494 g/mol. The number of aliphatic hydroxyl groups is 8. The first-order chi connectivity index (χ1) is 14.5. The zero-order valence-electron chi connectivity index (χ0n) is 15.9. The van der Waals surface area contributed by atoms with E-state index in [2.05, 4.69) is 18.5 Å². The van der Waals surface area contributed by atoms with E-state index < -0.39 is 90.3 Å². The topological polar surface area (TPSA) is 314 Å². The zero-order chi connectivity index (χ0) is 25.0. The predicted molar refractivity (Wildman–Crippen MR) is 93.8 cm³/mol. The second kappa shape index (κ2) is 12.0. The summed E-state index contributed by atoms with van der Waals surface area (Å²) in [5.41, 5.74) is 0. The number of phosphoric ester groups is 2. The Morgan fingerprint density at radius 1 is 0.562 bits per heavy atom. The van der Waals surface area contributed by atoms with Crippen molar-refractivity contribution in [2.24, 2.45) is 0 Å². The lowest BCUT2D eigenvalue weighted by Crippen LogP contribution is -2.58. The van der Waals surface area contributed by atoms with Gasteiger partial charge in [-0.1, -0.05) is 0 Å². The van der Waals surface area contributed by atoms with Crippen molar-refractivity contribution in [3.8, 4) is 0 Å². The zero-order valence-corrected chi connectivity index (χ0v) is 17.7. The Hall–Kier alpha value is -0.180. The second-order valence-corrected chi connectivity index (χ2v) is 8.97. The lowest BCUT2D eigenvalue weighted by Gasteiger charge is -2.39. The fourth-order valence-electron chi connectivity index (χ4n) is 2.58. The molecule has 2 fully saturated rings. The van der Waals surface area contributed by atoms with Crippen LogP contribution in [0.3, 0.4) is 0 Å². The third-order valence-electron chi connectivity index (χ3n) is 4.18. The largest absolute Gasteiger partial charge is 0.472 e. The molecule has 20 heteroatoms. The van der Waals surface area contributed by atoms with Gasteiger partial charge in [0.25, 0.3) is 0 Å². The molecule has 18 nitrogen and oxygen atoms in total. The van der Waals surface area contributed by atoms with Gasteiger partial charge in [-0.25, -0.2) is 9.13 Å². The third kappa shape index (κ3) is 8.55. The smallest absolute Gasteiger partial charge is 0.394 e. The summed E-state index contributed by atoms with van der Waals surface area (Å²) in [4.78, 5) is 34.0. The summed E-state index contributed by atoms with van der Waals surface area (Å²) in [6.07, 6.45) is -16.5. The summed E-state index contributed by atoms with van der Waals surface area (Å²) in [6, 6.07) is 0. The van der Waals surface area contributed by atoms with Gasteiger partial charge >= 0.3 is 15.6 Å². The Balaban J connectivity index is 0.000000320. The van der Waals surface area contributed by atoms with Crippen molar-refractivity contribution in [3.63, 3.8) is 0 Å². The van der Waals surface area contributed by atoms with Crippen molar-refractivity contribution >= 4 is 15.6 Å². The maximum atomic E-state index is 10.5. The molecule has 12 N–H and O–H groups in total. The maximum absolute atomic E-state index is 10.5. The van der Waals surface area contributed by atoms with E-state index in [0.29, 0.717) is 0 Å². The molecule has 0 aromatic rings. The van der Waals surface area contributed by atoms with E-state index in [1.165, 1.54) is 0 Å². The Bertz CT molecular complexity index is 606. The maximum Gasteiger partial charge on any atom is 0.472 e. The Labute approximate surface area is 179 Å². The van der Waals surface area contributed by atoms with Gasteiger partial charge in [-0.2, -0.15) is 0 Å². The van der Waals surface area contributed by atoms with E-state index in [-0.39, 0.29) is 0 Å². The van der Waals surface area contributed by atoms with Gasteiger partial charge < -0.3 is 69.9 Å². The van der Waals surface area contributed by atoms with Crippen LogP contribution in [0.4, 0.5) is 0 Å². The minimum Gasteiger partial charge on any atom is -0.394 e. The van der Waals surface area contributed by atoms with Crippen molar-refractivity contribution in [2.45, 2.75) is 61.4 Å². The number of phosphoric acid groups is 2. The van der Waals surface area contributed by atoms with Gasteiger partial charge in [0.05, 0.1) is 13.2 Å². The van der Waals surface area contributed by atoms with Crippen LogP contribution in [0.1, 0.15) is 0 Å². The van der Waals surface area contributed by atoms with Gasteiger partial charge in [-0.05, 0) is 0 Å². The van der Waals surface area contributed by atoms with E-state index in [1.807, 2.05) is 0 Å². The van der Waals surface area contributed by atoms with Gasteiger partial charge in [0, 0.05) is 0 Å². The van der Waals surface area contributed by atoms with Crippen LogP contribution < -0.4 is 0 Å². The first-order valence-corrected chi connectivity index (χ1v) is 11.7. The highest BCUT2D eigenvalue weighted by Gasteiger charge is 2.47. The second-order valence-electron chi connectivity index (χ2n) is 6.59. The van der Waals surface area contributed by atoms with Gasteiger partial charge in [0.2, 0.25) is 0 Å². The van der Waals surface area contributed by atoms with Crippen LogP contribution in [-0.2, 0) is 27.7 Å². The summed E-state index contributed by atoms with van der Waals surface area (Å²) in [7, 11) is -9.83. The molecule has 32 heavy (non-hydrogen) atoms. The molecule has 0 aliphatic carbocycles. The molecule has 0 aromatic carbocycles. The Morgan fingerprint density at radius 2 is 0.844 bits per heavy atom. The van der Waals surface area contributed by atoms with Crippen LogP contribution in [0.5, 0.6) is 0 Å². The van der Waals surface area contributed by atoms with E-state index in [4.69, 9.17) is 29.8 Å². The summed E-state index contributed by atoms with van der Waals surface area (Å²) >= 11 is 0. The molecule has 2 heterocycles. The van der Waals surface area contributed by atoms with Crippen molar-refractivity contribution < 1.29 is 88.1 Å². The van der Waals surface area contributed by atoms with Crippen LogP contribution in [0.15, 0.2) is 0 Å². The minimum atomic E-state index is -4.91. The number of aliphatic hydroxyl groups excluding tert-OH is 8. The van der Waals surface area contributed by atoms with Crippen LogP contribution in [0, 0.1) is 0 Å². The molecule has 0 bridgehead atoms.